The second-order valence-corrected chi connectivity index (χ2v) is 8.82. The fourth-order valence-corrected chi connectivity index (χ4v) is 5.86. The number of nitrogens with one attached hydrogen (secondary N) is 2. The van der Waals surface area contributed by atoms with E-state index in [1.54, 1.807) is 17.5 Å². The Morgan fingerprint density at radius 1 is 1.36 bits per heavy atom. The van der Waals surface area contributed by atoms with Gasteiger partial charge in [0.15, 0.2) is 0 Å². The molecule has 2 unspecified atom stereocenters. The third-order valence-corrected chi connectivity index (χ3v) is 7.49. The van der Waals surface area contributed by atoms with E-state index in [1.807, 2.05) is 0 Å². The fraction of sp³-hybridized carbons (Fsp3) is 0.643. The Bertz CT molecular complexity index is 609. The molecule has 0 aliphatic carbocycles. The van der Waals surface area contributed by atoms with Crippen LogP contribution in [0.1, 0.15) is 25.7 Å². The highest BCUT2D eigenvalue weighted by molar-refractivity contribution is 7.91. The maximum atomic E-state index is 12.6. The smallest absolute Gasteiger partial charge is 0.253 e. The van der Waals surface area contributed by atoms with Crippen molar-refractivity contribution in [3.63, 3.8) is 0 Å². The SMILES string of the molecule is O=C(NC1CCCNC1)C1CCCN1S(=O)(=O)c1cccs1. The second kappa shape index (κ2) is 6.66. The molecule has 22 heavy (non-hydrogen) atoms. The zero-order valence-corrected chi connectivity index (χ0v) is 14.0. The molecule has 2 N–H and O–H groups in total. The van der Waals surface area contributed by atoms with Crippen LogP contribution in [0.5, 0.6) is 0 Å². The van der Waals surface area contributed by atoms with E-state index < -0.39 is 16.1 Å². The highest BCUT2D eigenvalue weighted by atomic mass is 32.2. The summed E-state index contributed by atoms with van der Waals surface area (Å²) >= 11 is 1.19. The summed E-state index contributed by atoms with van der Waals surface area (Å²) in [6.45, 7) is 2.16. The quantitative estimate of drug-likeness (QED) is 0.846. The third-order valence-electron chi connectivity index (χ3n) is 4.21. The number of sulfonamides is 1. The summed E-state index contributed by atoms with van der Waals surface area (Å²) in [5, 5.41) is 8.00. The standard InChI is InChI=1S/C14H21N3O3S2/c18-14(16-11-4-1-7-15-10-11)12-5-2-8-17(12)22(19,20)13-6-3-9-21-13/h3,6,9,11-12,15H,1-2,4-5,7-8,10H2,(H,16,18). The molecule has 8 heteroatoms. The molecule has 0 radical (unpaired) electrons. The molecule has 6 nitrogen and oxygen atoms in total. The van der Waals surface area contributed by atoms with Gasteiger partial charge < -0.3 is 10.6 Å². The van der Waals surface area contributed by atoms with Gasteiger partial charge in [0.2, 0.25) is 5.91 Å². The molecule has 0 spiro atoms. The van der Waals surface area contributed by atoms with Gasteiger partial charge in [-0.05, 0) is 43.7 Å². The molecular formula is C14H21N3O3S2. The first-order chi connectivity index (χ1) is 10.6. The van der Waals surface area contributed by atoms with Crippen molar-refractivity contribution in [2.45, 2.75) is 42.0 Å². The van der Waals surface area contributed by atoms with Crippen molar-refractivity contribution in [2.75, 3.05) is 19.6 Å². The first kappa shape index (κ1) is 15.9. The molecule has 3 rings (SSSR count). The molecule has 2 aliphatic heterocycles. The second-order valence-electron chi connectivity index (χ2n) is 5.76. The molecule has 1 aromatic rings. The van der Waals surface area contributed by atoms with Gasteiger partial charge in [-0.15, -0.1) is 11.3 Å². The van der Waals surface area contributed by atoms with Gasteiger partial charge in [-0.1, -0.05) is 6.07 Å². The van der Waals surface area contributed by atoms with Gasteiger partial charge in [-0.3, -0.25) is 4.79 Å². The largest absolute Gasteiger partial charge is 0.351 e. The van der Waals surface area contributed by atoms with Crippen LogP contribution in [0, 0.1) is 0 Å². The normalized spacial score (nSPS) is 26.9. The van der Waals surface area contributed by atoms with E-state index in [2.05, 4.69) is 10.6 Å². The van der Waals surface area contributed by atoms with Crippen molar-refractivity contribution in [3.05, 3.63) is 17.5 Å². The molecule has 1 aromatic heterocycles. The van der Waals surface area contributed by atoms with Crippen LogP contribution in [0.2, 0.25) is 0 Å². The minimum absolute atomic E-state index is 0.105. The first-order valence-electron chi connectivity index (χ1n) is 7.65. The van der Waals surface area contributed by atoms with E-state index in [0.29, 0.717) is 17.2 Å². The number of amides is 1. The number of carbonyl (C=O) groups excluding carboxylic acids is 1. The van der Waals surface area contributed by atoms with E-state index in [4.69, 9.17) is 0 Å². The predicted octanol–water partition coefficient (Wildman–Crippen LogP) is 0.769. The Hall–Kier alpha value is -0.960. The van der Waals surface area contributed by atoms with Crippen molar-refractivity contribution in [1.82, 2.24) is 14.9 Å². The lowest BCUT2D eigenvalue weighted by Gasteiger charge is -2.28. The minimum Gasteiger partial charge on any atom is -0.351 e. The molecule has 1 amide bonds. The van der Waals surface area contributed by atoms with E-state index in [-0.39, 0.29) is 11.9 Å². The molecule has 2 saturated heterocycles. The zero-order chi connectivity index (χ0) is 15.6. The van der Waals surface area contributed by atoms with Crippen LogP contribution < -0.4 is 10.6 Å². The summed E-state index contributed by atoms with van der Waals surface area (Å²) < 4.78 is 27.0. The average molecular weight is 343 g/mol. The topological polar surface area (TPSA) is 78.5 Å². The lowest BCUT2D eigenvalue weighted by Crippen LogP contribution is -2.52. The van der Waals surface area contributed by atoms with Gasteiger partial charge in [-0.2, -0.15) is 4.31 Å². The minimum atomic E-state index is -3.55. The van der Waals surface area contributed by atoms with E-state index in [1.165, 1.54) is 15.6 Å². The van der Waals surface area contributed by atoms with Crippen LogP contribution in [-0.4, -0.2) is 50.3 Å². The van der Waals surface area contributed by atoms with Crippen LogP contribution in [0.4, 0.5) is 0 Å². The van der Waals surface area contributed by atoms with E-state index in [9.17, 15) is 13.2 Å². The molecular weight excluding hydrogens is 322 g/mol. The third kappa shape index (κ3) is 3.19. The van der Waals surface area contributed by atoms with Gasteiger partial charge >= 0.3 is 0 Å². The molecule has 2 aliphatic rings. The highest BCUT2D eigenvalue weighted by Gasteiger charge is 2.40. The maximum absolute atomic E-state index is 12.6. The van der Waals surface area contributed by atoms with Crippen LogP contribution in [-0.2, 0) is 14.8 Å². The van der Waals surface area contributed by atoms with Crippen molar-refractivity contribution in [3.8, 4) is 0 Å². The number of nitrogens with zero attached hydrogens (tertiary/aromatic N) is 1. The molecule has 3 heterocycles. The summed E-state index contributed by atoms with van der Waals surface area (Å²) in [5.41, 5.74) is 0. The number of rotatable bonds is 4. The number of hydrogen-bond donors (Lipinski definition) is 2. The number of piperidine rings is 1. The number of hydrogen-bond acceptors (Lipinski definition) is 5. The maximum Gasteiger partial charge on any atom is 0.253 e. The Morgan fingerprint density at radius 3 is 2.91 bits per heavy atom. The first-order valence-corrected chi connectivity index (χ1v) is 9.97. The summed E-state index contributed by atoms with van der Waals surface area (Å²) in [5.74, 6) is -0.161. The number of carbonyl (C=O) groups is 1. The van der Waals surface area contributed by atoms with Gasteiger partial charge in [0.25, 0.3) is 10.0 Å². The lowest BCUT2D eigenvalue weighted by atomic mass is 10.1. The van der Waals surface area contributed by atoms with Gasteiger partial charge in [0, 0.05) is 19.1 Å². The van der Waals surface area contributed by atoms with Gasteiger partial charge in [0.1, 0.15) is 10.3 Å². The van der Waals surface area contributed by atoms with Crippen molar-refractivity contribution >= 4 is 27.3 Å². The average Bonchev–Trinajstić information content (AvgIpc) is 3.20. The van der Waals surface area contributed by atoms with Crippen molar-refractivity contribution < 1.29 is 13.2 Å². The van der Waals surface area contributed by atoms with E-state index in [0.717, 1.165) is 32.4 Å². The lowest BCUT2D eigenvalue weighted by molar-refractivity contribution is -0.125. The Labute approximate surface area is 134 Å². The molecule has 2 atom stereocenters. The molecule has 0 saturated carbocycles. The van der Waals surface area contributed by atoms with Gasteiger partial charge in [-0.25, -0.2) is 8.42 Å². The molecule has 122 valence electrons. The summed E-state index contributed by atoms with van der Waals surface area (Å²) in [6, 6.07) is 2.84. The Morgan fingerprint density at radius 2 is 2.23 bits per heavy atom. The summed E-state index contributed by atoms with van der Waals surface area (Å²) in [6.07, 6.45) is 3.30. The monoisotopic (exact) mass is 343 g/mol. The van der Waals surface area contributed by atoms with Crippen molar-refractivity contribution in [2.24, 2.45) is 0 Å². The summed E-state index contributed by atoms with van der Waals surface area (Å²) in [4.78, 5) is 12.5. The Balaban J connectivity index is 1.71. The highest BCUT2D eigenvalue weighted by Crippen LogP contribution is 2.28. The molecule has 0 aromatic carbocycles. The van der Waals surface area contributed by atoms with E-state index >= 15 is 0 Å². The van der Waals surface area contributed by atoms with Crippen molar-refractivity contribution in [1.29, 1.82) is 0 Å². The molecule has 0 bridgehead atoms. The molecule has 2 fully saturated rings. The van der Waals surface area contributed by atoms with Crippen LogP contribution >= 0.6 is 11.3 Å². The van der Waals surface area contributed by atoms with Gasteiger partial charge in [0.05, 0.1) is 0 Å². The predicted molar refractivity (Wildman–Crippen MR) is 85.3 cm³/mol. The number of thiophene rings is 1. The Kier molecular flexibility index (Phi) is 4.82. The van der Waals surface area contributed by atoms with Crippen LogP contribution in [0.15, 0.2) is 21.7 Å². The van der Waals surface area contributed by atoms with Crippen LogP contribution in [0.25, 0.3) is 0 Å². The van der Waals surface area contributed by atoms with Crippen LogP contribution in [0.3, 0.4) is 0 Å². The summed E-state index contributed by atoms with van der Waals surface area (Å²) in [7, 11) is -3.55. The fourth-order valence-electron chi connectivity index (χ4n) is 3.09. The zero-order valence-electron chi connectivity index (χ0n) is 12.3.